The Hall–Kier alpha value is -2.10. The highest BCUT2D eigenvalue weighted by atomic mass is 79.9. The molecule has 33 heavy (non-hydrogen) atoms. The lowest BCUT2D eigenvalue weighted by atomic mass is 10.1. The van der Waals surface area contributed by atoms with E-state index in [0.29, 0.717) is 10.7 Å². The first-order valence-corrected chi connectivity index (χ1v) is 13.4. The quantitative estimate of drug-likeness (QED) is 0.502. The highest BCUT2D eigenvalue weighted by Crippen LogP contribution is 2.25. The third-order valence-corrected chi connectivity index (χ3v) is 7.26. The largest absolute Gasteiger partial charge is 0.352 e. The normalized spacial score (nSPS) is 12.4. The van der Waals surface area contributed by atoms with Gasteiger partial charge in [-0.15, -0.1) is 0 Å². The summed E-state index contributed by atoms with van der Waals surface area (Å²) < 4.78 is 27.0. The molecule has 0 fully saturated rings. The molecule has 1 N–H and O–H groups in total. The monoisotopic (exact) mass is 557 g/mol. The van der Waals surface area contributed by atoms with Crippen LogP contribution in [0.4, 0.5) is 5.69 Å². The maximum absolute atomic E-state index is 13.4. The number of amides is 2. The van der Waals surface area contributed by atoms with Crippen molar-refractivity contribution in [2.75, 3.05) is 17.1 Å². The van der Waals surface area contributed by atoms with Gasteiger partial charge in [-0.05, 0) is 69.2 Å². The molecule has 2 rings (SSSR count). The number of hydrogen-bond donors (Lipinski definition) is 1. The van der Waals surface area contributed by atoms with Crippen LogP contribution in [0.2, 0.25) is 5.02 Å². The van der Waals surface area contributed by atoms with E-state index in [9.17, 15) is 18.0 Å². The van der Waals surface area contributed by atoms with Crippen LogP contribution in [-0.4, -0.2) is 50.0 Å². The van der Waals surface area contributed by atoms with Crippen molar-refractivity contribution in [3.05, 3.63) is 63.1 Å². The fourth-order valence-electron chi connectivity index (χ4n) is 3.17. The predicted octanol–water partition coefficient (Wildman–Crippen LogP) is 4.12. The summed E-state index contributed by atoms with van der Waals surface area (Å²) in [5.41, 5.74) is 1.97. The van der Waals surface area contributed by atoms with E-state index in [1.54, 1.807) is 49.4 Å². The molecule has 1 unspecified atom stereocenters. The second-order valence-electron chi connectivity index (χ2n) is 8.19. The zero-order valence-corrected chi connectivity index (χ0v) is 22.5. The van der Waals surface area contributed by atoms with Crippen molar-refractivity contribution in [1.82, 2.24) is 10.2 Å². The number of hydrogen-bond acceptors (Lipinski definition) is 4. The van der Waals surface area contributed by atoms with E-state index in [-0.39, 0.29) is 18.5 Å². The molecule has 180 valence electrons. The summed E-state index contributed by atoms with van der Waals surface area (Å²) in [6.07, 6.45) is 1.05. The van der Waals surface area contributed by atoms with Crippen molar-refractivity contribution < 1.29 is 18.0 Å². The molecule has 1 atom stereocenters. The molecular weight excluding hydrogens is 530 g/mol. The van der Waals surface area contributed by atoms with Gasteiger partial charge in [-0.3, -0.25) is 13.9 Å². The lowest BCUT2D eigenvalue weighted by Crippen LogP contribution is -2.52. The van der Waals surface area contributed by atoms with Gasteiger partial charge in [-0.25, -0.2) is 8.42 Å². The zero-order valence-electron chi connectivity index (χ0n) is 19.3. The molecule has 0 spiro atoms. The molecular formula is C23H29BrClN3O4S. The Morgan fingerprint density at radius 1 is 1.09 bits per heavy atom. The zero-order chi connectivity index (χ0) is 24.9. The van der Waals surface area contributed by atoms with Crippen LogP contribution in [0.25, 0.3) is 0 Å². The van der Waals surface area contributed by atoms with Gasteiger partial charge in [0.2, 0.25) is 21.8 Å². The maximum Gasteiger partial charge on any atom is 0.244 e. The van der Waals surface area contributed by atoms with Crippen LogP contribution < -0.4 is 9.62 Å². The number of benzene rings is 2. The molecule has 0 saturated carbocycles. The van der Waals surface area contributed by atoms with Crippen LogP contribution in [0.15, 0.2) is 46.9 Å². The number of halogens is 2. The van der Waals surface area contributed by atoms with Crippen molar-refractivity contribution >= 4 is 55.1 Å². The summed E-state index contributed by atoms with van der Waals surface area (Å²) >= 11 is 9.37. The predicted molar refractivity (Wildman–Crippen MR) is 136 cm³/mol. The highest BCUT2D eigenvalue weighted by molar-refractivity contribution is 9.10. The molecule has 0 saturated heterocycles. The average molecular weight is 559 g/mol. The van der Waals surface area contributed by atoms with E-state index in [2.05, 4.69) is 21.2 Å². The van der Waals surface area contributed by atoms with Gasteiger partial charge in [-0.1, -0.05) is 39.7 Å². The van der Waals surface area contributed by atoms with Crippen LogP contribution >= 0.6 is 27.5 Å². The number of sulfonamides is 1. The number of carbonyl (C=O) groups excluding carboxylic acids is 2. The SMILES string of the molecule is Cc1cc(N(CC(=O)N(Cc2ccc(Cl)cc2)C(C)C(=O)NC(C)C)S(C)(=O)=O)ccc1Br. The first-order valence-electron chi connectivity index (χ1n) is 10.4. The smallest absolute Gasteiger partial charge is 0.244 e. The van der Waals surface area contributed by atoms with Crippen molar-refractivity contribution in [3.63, 3.8) is 0 Å². The molecule has 0 aliphatic carbocycles. The van der Waals surface area contributed by atoms with Crippen LogP contribution in [0.5, 0.6) is 0 Å². The van der Waals surface area contributed by atoms with E-state index in [0.717, 1.165) is 26.2 Å². The van der Waals surface area contributed by atoms with E-state index >= 15 is 0 Å². The third-order valence-electron chi connectivity index (χ3n) is 4.97. The summed E-state index contributed by atoms with van der Waals surface area (Å²) in [5, 5.41) is 3.36. The summed E-state index contributed by atoms with van der Waals surface area (Å²) in [6, 6.07) is 11.1. The molecule has 0 aliphatic heterocycles. The summed E-state index contributed by atoms with van der Waals surface area (Å²) in [6.45, 7) is 6.81. The molecule has 10 heteroatoms. The van der Waals surface area contributed by atoms with Gasteiger partial charge >= 0.3 is 0 Å². The number of anilines is 1. The summed E-state index contributed by atoms with van der Waals surface area (Å²) in [5.74, 6) is -0.819. The van der Waals surface area contributed by atoms with Crippen molar-refractivity contribution in [1.29, 1.82) is 0 Å². The van der Waals surface area contributed by atoms with Crippen molar-refractivity contribution in [3.8, 4) is 0 Å². The standard InChI is InChI=1S/C23H29BrClN3O4S/c1-15(2)26-23(30)17(4)27(13-18-6-8-19(25)9-7-18)22(29)14-28(33(5,31)32)20-10-11-21(24)16(3)12-20/h6-12,15,17H,13-14H2,1-5H3,(H,26,30). The molecule has 2 aromatic carbocycles. The van der Waals surface area contributed by atoms with Crippen LogP contribution in [-0.2, 0) is 26.2 Å². The van der Waals surface area contributed by atoms with Gasteiger partial charge < -0.3 is 10.2 Å². The van der Waals surface area contributed by atoms with Crippen molar-refractivity contribution in [2.24, 2.45) is 0 Å². The lowest BCUT2D eigenvalue weighted by Gasteiger charge is -2.32. The minimum atomic E-state index is -3.77. The van der Waals surface area contributed by atoms with Gasteiger partial charge in [0.05, 0.1) is 11.9 Å². The Balaban J connectivity index is 2.40. The minimum Gasteiger partial charge on any atom is -0.352 e. The summed E-state index contributed by atoms with van der Waals surface area (Å²) in [7, 11) is -3.77. The van der Waals surface area contributed by atoms with Gasteiger partial charge in [-0.2, -0.15) is 0 Å². The van der Waals surface area contributed by atoms with E-state index < -0.39 is 28.5 Å². The first kappa shape index (κ1) is 27.1. The molecule has 2 aromatic rings. The van der Waals surface area contributed by atoms with Crippen LogP contribution in [0, 0.1) is 6.92 Å². The number of carbonyl (C=O) groups is 2. The second kappa shape index (κ2) is 11.4. The van der Waals surface area contributed by atoms with Gasteiger partial charge in [0.1, 0.15) is 12.6 Å². The Bertz CT molecular complexity index is 1110. The Kier molecular flexibility index (Phi) is 9.34. The molecule has 0 aromatic heterocycles. The van der Waals surface area contributed by atoms with Gasteiger partial charge in [0, 0.05) is 22.1 Å². The number of aryl methyl sites for hydroxylation is 1. The molecule has 0 aliphatic rings. The van der Waals surface area contributed by atoms with Crippen LogP contribution in [0.3, 0.4) is 0 Å². The average Bonchev–Trinajstić information content (AvgIpc) is 2.71. The molecule has 0 radical (unpaired) electrons. The fraction of sp³-hybridized carbons (Fsp3) is 0.391. The molecule has 0 heterocycles. The fourth-order valence-corrected chi connectivity index (χ4v) is 4.39. The number of rotatable bonds is 9. The Morgan fingerprint density at radius 3 is 2.21 bits per heavy atom. The second-order valence-corrected chi connectivity index (χ2v) is 11.4. The van der Waals surface area contributed by atoms with E-state index in [1.807, 2.05) is 20.8 Å². The van der Waals surface area contributed by atoms with Crippen LogP contribution in [0.1, 0.15) is 31.9 Å². The maximum atomic E-state index is 13.4. The first-order chi connectivity index (χ1) is 15.3. The van der Waals surface area contributed by atoms with E-state index in [4.69, 9.17) is 11.6 Å². The topological polar surface area (TPSA) is 86.8 Å². The molecule has 2 amide bonds. The van der Waals surface area contributed by atoms with E-state index in [1.165, 1.54) is 4.90 Å². The van der Waals surface area contributed by atoms with Gasteiger partial charge in [0.25, 0.3) is 0 Å². The Labute approximate surface area is 209 Å². The number of nitrogens with one attached hydrogen (secondary N) is 1. The highest BCUT2D eigenvalue weighted by Gasteiger charge is 2.30. The summed E-state index contributed by atoms with van der Waals surface area (Å²) in [4.78, 5) is 27.5. The lowest BCUT2D eigenvalue weighted by molar-refractivity contribution is -0.139. The molecule has 0 bridgehead atoms. The van der Waals surface area contributed by atoms with Gasteiger partial charge in [0.15, 0.2) is 0 Å². The minimum absolute atomic E-state index is 0.106. The number of nitrogens with zero attached hydrogens (tertiary/aromatic N) is 2. The Morgan fingerprint density at radius 2 is 1.70 bits per heavy atom. The molecule has 7 nitrogen and oxygen atoms in total. The van der Waals surface area contributed by atoms with Crippen molar-refractivity contribution in [2.45, 2.75) is 46.3 Å². The third kappa shape index (κ3) is 7.72.